The average Bonchev–Trinajstić information content (AvgIpc) is 4.23. The first-order chi connectivity index (χ1) is 36.9. The van der Waals surface area contributed by atoms with E-state index >= 15 is 4.39 Å². The molecule has 6 N–H and O–H groups in total. The highest BCUT2D eigenvalue weighted by atomic mass is 19.1. The number of benzene rings is 2. The van der Waals surface area contributed by atoms with E-state index in [1.807, 2.05) is 0 Å². The molecule has 2 aromatic heterocycles. The number of nitrogens with one attached hydrogen (secondary N) is 5. The van der Waals surface area contributed by atoms with Crippen LogP contribution in [0.15, 0.2) is 59.4 Å². The van der Waals surface area contributed by atoms with E-state index in [0.29, 0.717) is 71.1 Å². The molecule has 0 saturated heterocycles. The normalized spacial score (nSPS) is 17.2. The van der Waals surface area contributed by atoms with Crippen LogP contribution in [-0.2, 0) is 84.2 Å². The van der Waals surface area contributed by atoms with Crippen LogP contribution in [0.3, 0.4) is 0 Å². The van der Waals surface area contributed by atoms with Crippen LogP contribution < -0.4 is 32.1 Å². The number of cyclic esters (lactones) is 1. The van der Waals surface area contributed by atoms with E-state index in [1.165, 1.54) is 22.8 Å². The number of amides is 8. The van der Waals surface area contributed by atoms with E-state index < -0.39 is 84.2 Å². The maximum Gasteiger partial charge on any atom is 0.343 e. The van der Waals surface area contributed by atoms with Gasteiger partial charge in [0.1, 0.15) is 25.2 Å². The SMILES string of the molecule is CC[C@@]1(O)C(=O)OCc2c1cc1n(c2=O)Cc2c-1nc1cc(F)c(C)c3c1c2[C@@H](N(C)C(=O)CCOCNC(=O)CNC(=O)[C@H](Cc1ccccc1)NC(=O)CNC(=O)CNC(=O)CCCCCN1C(=O)C=CC1=O)CC3. The summed E-state index contributed by atoms with van der Waals surface area (Å²) in [5.74, 6) is -5.41. The van der Waals surface area contributed by atoms with Crippen molar-refractivity contribution in [1.29, 1.82) is 0 Å². The van der Waals surface area contributed by atoms with E-state index in [1.54, 1.807) is 62.2 Å². The van der Waals surface area contributed by atoms with Crippen LogP contribution in [-0.4, -0.2) is 130 Å². The molecule has 0 radical (unpaired) electrons. The van der Waals surface area contributed by atoms with Gasteiger partial charge >= 0.3 is 5.97 Å². The molecule has 0 saturated carbocycles. The van der Waals surface area contributed by atoms with Crippen molar-refractivity contribution in [2.24, 2.45) is 0 Å². The summed E-state index contributed by atoms with van der Waals surface area (Å²) in [6, 6.07) is 10.1. The van der Waals surface area contributed by atoms with Gasteiger partial charge in [-0.25, -0.2) is 14.2 Å². The third kappa shape index (κ3) is 11.9. The van der Waals surface area contributed by atoms with Crippen LogP contribution in [0.4, 0.5) is 4.39 Å². The van der Waals surface area contributed by atoms with Crippen molar-refractivity contribution in [3.63, 3.8) is 0 Å². The number of aliphatic hydroxyl groups is 1. The number of fused-ring (bicyclic) bond motifs is 5. The van der Waals surface area contributed by atoms with Gasteiger partial charge in [-0.15, -0.1) is 0 Å². The number of halogens is 1. The Hall–Kier alpha value is -8.18. The number of aryl methyl sites for hydroxylation is 1. The summed E-state index contributed by atoms with van der Waals surface area (Å²) in [6.07, 6.45) is 4.88. The van der Waals surface area contributed by atoms with Gasteiger partial charge in [0.25, 0.3) is 17.4 Å². The van der Waals surface area contributed by atoms with Gasteiger partial charge in [-0.3, -0.25) is 48.1 Å². The van der Waals surface area contributed by atoms with Crippen molar-refractivity contribution in [3.05, 3.63) is 110 Å². The van der Waals surface area contributed by atoms with E-state index in [9.17, 15) is 53.1 Å². The molecule has 4 aromatic rings. The Morgan fingerprint density at radius 3 is 2.32 bits per heavy atom. The maximum atomic E-state index is 15.4. The summed E-state index contributed by atoms with van der Waals surface area (Å²) in [6.45, 7) is 1.53. The smallest absolute Gasteiger partial charge is 0.343 e. The summed E-state index contributed by atoms with van der Waals surface area (Å²) < 4.78 is 27.8. The van der Waals surface area contributed by atoms with Crippen LogP contribution in [0.25, 0.3) is 22.3 Å². The minimum absolute atomic E-state index is 0.0403. The molecule has 1 aliphatic carbocycles. The number of pyridine rings is 2. The summed E-state index contributed by atoms with van der Waals surface area (Å²) in [5.41, 5.74) is 2.19. The molecule has 4 aliphatic rings. The fourth-order valence-corrected chi connectivity index (χ4v) is 10.2. The van der Waals surface area contributed by atoms with Crippen molar-refractivity contribution in [2.75, 3.05) is 46.6 Å². The minimum atomic E-state index is -2.04. The predicted octanol–water partition coefficient (Wildman–Crippen LogP) is 1.01. The number of imide groups is 1. The van der Waals surface area contributed by atoms with E-state index in [4.69, 9.17) is 14.5 Å². The molecule has 0 fully saturated rings. The highest BCUT2D eigenvalue weighted by Crippen LogP contribution is 2.47. The number of ether oxygens (including phenoxy) is 2. The molecular formula is C54H60FN9O13. The molecule has 3 atom stereocenters. The Labute approximate surface area is 441 Å². The fourth-order valence-electron chi connectivity index (χ4n) is 10.2. The Morgan fingerprint density at radius 2 is 1.58 bits per heavy atom. The third-order valence-corrected chi connectivity index (χ3v) is 14.5. The lowest BCUT2D eigenvalue weighted by Gasteiger charge is -2.35. The molecular weight excluding hydrogens is 1000 g/mol. The van der Waals surface area contributed by atoms with Crippen molar-refractivity contribution < 1.29 is 62.1 Å². The zero-order valence-corrected chi connectivity index (χ0v) is 42.9. The summed E-state index contributed by atoms with van der Waals surface area (Å²) in [4.78, 5) is 135. The van der Waals surface area contributed by atoms with Crippen LogP contribution in [0.5, 0.6) is 0 Å². The topological polar surface area (TPSA) is 294 Å². The summed E-state index contributed by atoms with van der Waals surface area (Å²) >= 11 is 0. The predicted molar refractivity (Wildman–Crippen MR) is 272 cm³/mol. The second-order valence-electron chi connectivity index (χ2n) is 19.3. The lowest BCUT2D eigenvalue weighted by Crippen LogP contribution is -2.52. The molecule has 5 heterocycles. The second kappa shape index (κ2) is 23.8. The number of rotatable bonds is 23. The van der Waals surface area contributed by atoms with Gasteiger partial charge in [0.05, 0.1) is 67.7 Å². The largest absolute Gasteiger partial charge is 0.458 e. The van der Waals surface area contributed by atoms with Gasteiger partial charge in [0.2, 0.25) is 35.4 Å². The molecule has 3 aliphatic heterocycles. The molecule has 0 unspecified atom stereocenters. The third-order valence-electron chi connectivity index (χ3n) is 14.5. The zero-order chi connectivity index (χ0) is 55.1. The first-order valence-corrected chi connectivity index (χ1v) is 25.5. The molecule has 23 heteroatoms. The number of nitrogens with zero attached hydrogens (tertiary/aromatic N) is 4. The monoisotopic (exact) mass is 1060 g/mol. The second-order valence-corrected chi connectivity index (χ2v) is 19.3. The Balaban J connectivity index is 0.800. The number of hydrogen-bond donors (Lipinski definition) is 6. The standard InChI is InChI=1S/C54H60FN9O13/c1-4-54(75)35-22-40-50-33(27-64(40)52(73)34(35)28-77-53(54)74)49-39(15-14-32-30(2)36(55)23-37(61-50)48(32)49)62(3)45(69)18-20-76-29-59-43(67)25-58-51(72)38(21-31-11-7-5-8-12-31)60-44(68)26-57-42(66)24-56-41(65)13-9-6-10-19-63-46(70)16-17-47(63)71/h5,7-8,11-12,16-17,22-23,38-39,75H,4,6,9-10,13-15,18-21,24-29H2,1-3H3,(H,56,65)(H,57,66)(H,58,72)(H,59,67)(H,60,68)/t38-,39-,54-/m0/s1. The molecule has 0 spiro atoms. The van der Waals surface area contributed by atoms with E-state index in [2.05, 4.69) is 26.6 Å². The molecule has 8 rings (SSSR count). The van der Waals surface area contributed by atoms with Gasteiger partial charge < -0.3 is 50.6 Å². The average molecular weight is 1060 g/mol. The van der Waals surface area contributed by atoms with Gasteiger partial charge in [0, 0.05) is 61.2 Å². The fraction of sp³-hybridized carbons (Fsp3) is 0.426. The summed E-state index contributed by atoms with van der Waals surface area (Å²) in [7, 11) is 1.65. The zero-order valence-electron chi connectivity index (χ0n) is 42.9. The highest BCUT2D eigenvalue weighted by Gasteiger charge is 2.46. The summed E-state index contributed by atoms with van der Waals surface area (Å²) in [5, 5.41) is 24.6. The highest BCUT2D eigenvalue weighted by molar-refractivity contribution is 6.12. The van der Waals surface area contributed by atoms with E-state index in [0.717, 1.165) is 16.0 Å². The van der Waals surface area contributed by atoms with Crippen LogP contribution in [0.1, 0.15) is 96.9 Å². The van der Waals surface area contributed by atoms with Crippen molar-refractivity contribution in [3.8, 4) is 11.4 Å². The first-order valence-electron chi connectivity index (χ1n) is 25.5. The lowest BCUT2D eigenvalue weighted by molar-refractivity contribution is -0.172. The molecule has 0 bridgehead atoms. The van der Waals surface area contributed by atoms with Crippen LogP contribution in [0.2, 0.25) is 0 Å². The number of esters is 1. The first kappa shape index (κ1) is 55.1. The van der Waals surface area contributed by atoms with Gasteiger partial charge in [-0.05, 0) is 67.3 Å². The number of carbonyl (C=O) groups is 9. The van der Waals surface area contributed by atoms with Crippen molar-refractivity contribution >= 4 is 64.1 Å². The minimum Gasteiger partial charge on any atom is -0.458 e. The lowest BCUT2D eigenvalue weighted by atomic mass is 9.81. The molecule has 2 aromatic carbocycles. The molecule has 8 amide bonds. The van der Waals surface area contributed by atoms with Gasteiger partial charge in [-0.2, -0.15) is 0 Å². The number of hydrogen-bond acceptors (Lipinski definition) is 14. The van der Waals surface area contributed by atoms with Crippen molar-refractivity contribution in [2.45, 2.75) is 102 Å². The number of aromatic nitrogens is 2. The Morgan fingerprint density at radius 1 is 0.883 bits per heavy atom. The number of unbranched alkanes of at least 4 members (excludes halogenated alkanes) is 2. The molecule has 77 heavy (non-hydrogen) atoms. The Kier molecular flexibility index (Phi) is 17.0. The van der Waals surface area contributed by atoms with Crippen LogP contribution >= 0.6 is 0 Å². The van der Waals surface area contributed by atoms with Gasteiger partial charge in [0.15, 0.2) is 5.60 Å². The Bertz CT molecular complexity index is 3140. The van der Waals surface area contributed by atoms with E-state index in [-0.39, 0.29) is 87.6 Å². The molecule has 406 valence electrons. The quantitative estimate of drug-likeness (QED) is 0.0231. The van der Waals surface area contributed by atoms with Crippen molar-refractivity contribution in [1.82, 2.24) is 45.9 Å². The van der Waals surface area contributed by atoms with Gasteiger partial charge in [-0.1, -0.05) is 43.7 Å². The molecule has 22 nitrogen and oxygen atoms in total. The van der Waals surface area contributed by atoms with Crippen LogP contribution in [0, 0.1) is 12.7 Å². The number of carbonyl (C=O) groups excluding carboxylic acids is 9. The maximum absolute atomic E-state index is 15.4.